The molecule has 0 aromatic rings. The van der Waals surface area contributed by atoms with E-state index >= 15 is 0 Å². The molecular formula is C63H107NO5. The second-order valence-corrected chi connectivity index (χ2v) is 19.1. The Morgan fingerprint density at radius 1 is 0.464 bits per heavy atom. The first-order chi connectivity index (χ1) is 34.0. The van der Waals surface area contributed by atoms with Crippen molar-refractivity contribution in [3.63, 3.8) is 0 Å². The lowest BCUT2D eigenvalue weighted by molar-refractivity contribution is -0.150. The molecule has 0 aromatic carbocycles. The number of rotatable bonds is 50. The molecule has 0 heterocycles. The van der Waals surface area contributed by atoms with Gasteiger partial charge in [0.25, 0.3) is 0 Å². The van der Waals surface area contributed by atoms with E-state index in [-0.39, 0.29) is 24.9 Å². The van der Waals surface area contributed by atoms with Crippen molar-refractivity contribution in [1.29, 1.82) is 0 Å². The van der Waals surface area contributed by atoms with Crippen molar-refractivity contribution in [2.24, 2.45) is 0 Å². The molecule has 0 saturated heterocycles. The smallest absolute Gasteiger partial charge is 0.306 e. The molecule has 69 heavy (non-hydrogen) atoms. The lowest BCUT2D eigenvalue weighted by Crippen LogP contribution is -2.46. The van der Waals surface area contributed by atoms with Crippen molar-refractivity contribution >= 4 is 11.9 Å². The van der Waals surface area contributed by atoms with Crippen molar-refractivity contribution in [1.82, 2.24) is 5.32 Å². The molecule has 0 aliphatic carbocycles. The number of carbonyl (C=O) groups excluding carboxylic acids is 2. The monoisotopic (exact) mass is 958 g/mol. The van der Waals surface area contributed by atoms with Gasteiger partial charge >= 0.3 is 5.97 Å². The Morgan fingerprint density at radius 3 is 1.33 bits per heavy atom. The molecule has 0 aliphatic heterocycles. The van der Waals surface area contributed by atoms with E-state index in [9.17, 15) is 19.8 Å². The van der Waals surface area contributed by atoms with Gasteiger partial charge in [0.2, 0.25) is 5.91 Å². The Bertz CT molecular complexity index is 1400. The summed E-state index contributed by atoms with van der Waals surface area (Å²) in [4.78, 5) is 26.2. The topological polar surface area (TPSA) is 95.9 Å². The fraction of sp³-hybridized carbons (Fsp3) is 0.683. The van der Waals surface area contributed by atoms with Crippen LogP contribution in [0.5, 0.6) is 0 Å². The van der Waals surface area contributed by atoms with Crippen molar-refractivity contribution in [2.45, 2.75) is 270 Å². The number of aliphatic hydroxyl groups is 2. The van der Waals surface area contributed by atoms with Gasteiger partial charge in [0.05, 0.1) is 25.2 Å². The molecule has 3 unspecified atom stereocenters. The molecule has 0 aliphatic rings. The molecule has 0 spiro atoms. The van der Waals surface area contributed by atoms with Crippen LogP contribution < -0.4 is 5.32 Å². The first-order valence-corrected chi connectivity index (χ1v) is 28.7. The largest absolute Gasteiger partial charge is 0.461 e. The number of carbonyl (C=O) groups is 2. The van der Waals surface area contributed by atoms with E-state index in [4.69, 9.17) is 4.74 Å². The summed E-state index contributed by atoms with van der Waals surface area (Å²) in [5.41, 5.74) is 0. The number of unbranched alkanes of at least 4 members (excludes halogenated alkanes) is 24. The van der Waals surface area contributed by atoms with Crippen molar-refractivity contribution < 1.29 is 24.5 Å². The Kier molecular flexibility index (Phi) is 52.7. The molecule has 0 bridgehead atoms. The van der Waals surface area contributed by atoms with Gasteiger partial charge in [0.15, 0.2) is 0 Å². The molecular weight excluding hydrogens is 851 g/mol. The van der Waals surface area contributed by atoms with Crippen LogP contribution in [-0.4, -0.2) is 46.9 Å². The van der Waals surface area contributed by atoms with Gasteiger partial charge in [-0.05, 0) is 70.6 Å². The first-order valence-electron chi connectivity index (χ1n) is 28.7. The number of hydrogen-bond acceptors (Lipinski definition) is 5. The molecule has 0 fully saturated rings. The maximum atomic E-state index is 13.2. The molecule has 0 radical (unpaired) electrons. The van der Waals surface area contributed by atoms with Gasteiger partial charge in [-0.1, -0.05) is 271 Å². The Labute approximate surface area is 426 Å². The molecule has 6 heteroatoms. The Hall–Kier alpha value is -3.48. The van der Waals surface area contributed by atoms with Gasteiger partial charge in [-0.2, -0.15) is 0 Å². The van der Waals surface area contributed by atoms with E-state index in [2.05, 4.69) is 123 Å². The average Bonchev–Trinajstić information content (AvgIpc) is 3.34. The molecule has 0 saturated carbocycles. The van der Waals surface area contributed by atoms with Crippen molar-refractivity contribution in [3.05, 3.63) is 109 Å². The number of amides is 1. The fourth-order valence-electron chi connectivity index (χ4n) is 8.11. The third kappa shape index (κ3) is 50.7. The number of hydrogen-bond donors (Lipinski definition) is 3. The predicted molar refractivity (Wildman–Crippen MR) is 300 cm³/mol. The van der Waals surface area contributed by atoms with Gasteiger partial charge in [0, 0.05) is 12.8 Å². The van der Waals surface area contributed by atoms with Crippen LogP contribution in [0.25, 0.3) is 0 Å². The van der Waals surface area contributed by atoms with Crippen LogP contribution in [0, 0.1) is 0 Å². The molecule has 0 aromatic heterocycles. The second kappa shape index (κ2) is 55.4. The summed E-state index contributed by atoms with van der Waals surface area (Å²) in [6, 6.07) is -0.745. The highest BCUT2D eigenvalue weighted by Gasteiger charge is 2.23. The first kappa shape index (κ1) is 65.5. The number of allylic oxidation sites excluding steroid dienone is 17. The molecule has 6 nitrogen and oxygen atoms in total. The third-order valence-corrected chi connectivity index (χ3v) is 12.4. The van der Waals surface area contributed by atoms with Crippen molar-refractivity contribution in [2.75, 3.05) is 6.61 Å². The van der Waals surface area contributed by atoms with Crippen LogP contribution in [0.3, 0.4) is 0 Å². The standard InChI is InChI=1S/C63H107NO5/c1-4-7-10-13-16-19-22-25-28-30-32-35-38-41-44-47-50-53-56-63(68)69-59(54-51-48-45-42-39-36-33-27-24-21-18-15-12-9-6-3)57-62(67)64-60(58-65)61(66)55-52-49-46-43-40-37-34-31-29-26-23-20-17-14-11-8-5-2/h9,12,16,18-19,21-22,25,27-28,30,32-33,35,39,42,48,51,59-61,65-66H,4-8,10-11,13-15,17,20,23-24,26,29,31,34,36-38,40-41,43-47,49-50,52-58H2,1-3H3,(H,64,67)/b12-9-,19-16+,21-18-,25-22+,30-28+,33-27-,35-32+,42-39-,51-48-. The Balaban J connectivity index is 4.71. The van der Waals surface area contributed by atoms with Gasteiger partial charge in [-0.15, -0.1) is 0 Å². The normalized spacial score (nSPS) is 14.0. The zero-order valence-corrected chi connectivity index (χ0v) is 44.9. The highest BCUT2D eigenvalue weighted by Crippen LogP contribution is 2.17. The summed E-state index contributed by atoms with van der Waals surface area (Å²) >= 11 is 0. The third-order valence-electron chi connectivity index (χ3n) is 12.4. The molecule has 1 amide bonds. The minimum absolute atomic E-state index is 0.0163. The van der Waals surface area contributed by atoms with E-state index in [0.717, 1.165) is 96.3 Å². The minimum atomic E-state index is -0.824. The summed E-state index contributed by atoms with van der Waals surface area (Å²) in [7, 11) is 0. The van der Waals surface area contributed by atoms with Crippen LogP contribution in [0.15, 0.2) is 109 Å². The van der Waals surface area contributed by atoms with Gasteiger partial charge in [0.1, 0.15) is 6.10 Å². The van der Waals surface area contributed by atoms with Gasteiger partial charge in [-0.25, -0.2) is 0 Å². The predicted octanol–water partition coefficient (Wildman–Crippen LogP) is 17.8. The average molecular weight is 959 g/mol. The van der Waals surface area contributed by atoms with E-state index in [1.54, 1.807) is 0 Å². The summed E-state index contributed by atoms with van der Waals surface area (Å²) in [5, 5.41) is 23.8. The van der Waals surface area contributed by atoms with Crippen LogP contribution in [0.4, 0.5) is 0 Å². The van der Waals surface area contributed by atoms with E-state index < -0.39 is 18.2 Å². The number of aliphatic hydroxyl groups excluding tert-OH is 2. The van der Waals surface area contributed by atoms with E-state index in [1.165, 1.54) is 109 Å². The lowest BCUT2D eigenvalue weighted by atomic mass is 10.0. The second-order valence-electron chi connectivity index (χ2n) is 19.1. The minimum Gasteiger partial charge on any atom is -0.461 e. The fourth-order valence-corrected chi connectivity index (χ4v) is 8.11. The lowest BCUT2D eigenvalue weighted by Gasteiger charge is -2.24. The zero-order valence-electron chi connectivity index (χ0n) is 44.9. The zero-order chi connectivity index (χ0) is 50.2. The summed E-state index contributed by atoms with van der Waals surface area (Å²) in [6.45, 7) is 6.31. The van der Waals surface area contributed by atoms with Crippen LogP contribution in [0.1, 0.15) is 252 Å². The van der Waals surface area contributed by atoms with Crippen LogP contribution in [-0.2, 0) is 14.3 Å². The Morgan fingerprint density at radius 2 is 0.855 bits per heavy atom. The van der Waals surface area contributed by atoms with E-state index in [0.29, 0.717) is 19.3 Å². The SMILES string of the molecule is CC/C=C\C/C=C\C/C=C\C/C=C\C/C=C\CC(CC(=O)NC(CO)C(O)CCCCCCCCCCCCCCCCCCC)OC(=O)CCCCCCC/C=C/C=C/C=C/C=C/CCCCC. The molecule has 3 N–H and O–H groups in total. The highest BCUT2D eigenvalue weighted by molar-refractivity contribution is 5.77. The summed E-state index contributed by atoms with van der Waals surface area (Å²) in [5.74, 6) is -0.611. The van der Waals surface area contributed by atoms with Gasteiger partial charge in [-0.3, -0.25) is 9.59 Å². The van der Waals surface area contributed by atoms with Gasteiger partial charge < -0.3 is 20.3 Å². The van der Waals surface area contributed by atoms with Crippen molar-refractivity contribution in [3.8, 4) is 0 Å². The molecule has 394 valence electrons. The maximum Gasteiger partial charge on any atom is 0.306 e. The summed E-state index contributed by atoms with van der Waals surface area (Å²) < 4.78 is 5.88. The molecule has 0 rings (SSSR count). The number of nitrogens with one attached hydrogen (secondary N) is 1. The van der Waals surface area contributed by atoms with E-state index in [1.807, 2.05) is 12.2 Å². The van der Waals surface area contributed by atoms with Crippen LogP contribution in [0.2, 0.25) is 0 Å². The maximum absolute atomic E-state index is 13.2. The van der Waals surface area contributed by atoms with Crippen LogP contribution >= 0.6 is 0 Å². The number of ether oxygens (including phenoxy) is 1. The number of esters is 1. The molecule has 3 atom stereocenters. The summed E-state index contributed by atoms with van der Waals surface area (Å²) in [6.07, 6.45) is 75.9. The highest BCUT2D eigenvalue weighted by atomic mass is 16.5. The quantitative estimate of drug-likeness (QED) is 0.0244.